The summed E-state index contributed by atoms with van der Waals surface area (Å²) in [6.07, 6.45) is 1.01. The number of benzene rings is 1. The first-order chi connectivity index (χ1) is 7.68. The van der Waals surface area contributed by atoms with Gasteiger partial charge in [0.25, 0.3) is 0 Å². The third kappa shape index (κ3) is 1.15. The second kappa shape index (κ2) is 3.18. The average Bonchev–Trinajstić information content (AvgIpc) is 2.31. The highest BCUT2D eigenvalue weighted by atomic mass is 14.8. The Morgan fingerprint density at radius 3 is 2.38 bits per heavy atom. The van der Waals surface area contributed by atoms with Crippen LogP contribution in [-0.4, -0.2) is 5.71 Å². The highest BCUT2D eigenvalue weighted by molar-refractivity contribution is 6.23. The molecular weight excluding hydrogens is 194 g/mol. The van der Waals surface area contributed by atoms with Crippen LogP contribution in [0.3, 0.4) is 0 Å². The molecule has 0 saturated heterocycles. The third-order valence-electron chi connectivity index (χ3n) is 3.73. The SMILES string of the molecule is CC1=C(C)C2=c3ccccc3=C(C)C(=N1)C2. The predicted molar refractivity (Wildman–Crippen MR) is 68.6 cm³/mol. The first-order valence-electron chi connectivity index (χ1n) is 5.73. The third-order valence-corrected chi connectivity index (χ3v) is 3.73. The van der Waals surface area contributed by atoms with Crippen molar-refractivity contribution in [1.29, 1.82) is 0 Å². The molecule has 2 bridgehead atoms. The van der Waals surface area contributed by atoms with E-state index >= 15 is 0 Å². The van der Waals surface area contributed by atoms with Crippen molar-refractivity contribution in [2.45, 2.75) is 27.2 Å². The maximum Gasteiger partial charge on any atom is 0.0486 e. The number of hydrogen-bond acceptors (Lipinski definition) is 1. The fourth-order valence-corrected chi connectivity index (χ4v) is 2.59. The van der Waals surface area contributed by atoms with E-state index in [1.165, 1.54) is 38.6 Å². The zero-order chi connectivity index (χ0) is 11.3. The van der Waals surface area contributed by atoms with Crippen molar-refractivity contribution in [2.75, 3.05) is 0 Å². The summed E-state index contributed by atoms with van der Waals surface area (Å²) in [5.74, 6) is 0. The van der Waals surface area contributed by atoms with E-state index in [1.54, 1.807) is 0 Å². The molecule has 0 amide bonds. The summed E-state index contributed by atoms with van der Waals surface area (Å²) in [6.45, 7) is 6.47. The van der Waals surface area contributed by atoms with E-state index in [4.69, 9.17) is 4.99 Å². The van der Waals surface area contributed by atoms with Gasteiger partial charge in [0.05, 0.1) is 0 Å². The molecule has 16 heavy (non-hydrogen) atoms. The standard InChI is InChI=1S/C15H15N/c1-9-11(3)16-15-8-14(9)13-7-5-4-6-12(13)10(15)2/h4-7H,8H2,1-3H3. The Morgan fingerprint density at radius 2 is 1.62 bits per heavy atom. The van der Waals surface area contributed by atoms with E-state index in [-0.39, 0.29) is 0 Å². The van der Waals surface area contributed by atoms with Gasteiger partial charge >= 0.3 is 0 Å². The van der Waals surface area contributed by atoms with Gasteiger partial charge in [-0.15, -0.1) is 0 Å². The molecule has 1 aromatic carbocycles. The van der Waals surface area contributed by atoms with Crippen molar-refractivity contribution in [3.63, 3.8) is 0 Å². The molecule has 0 fully saturated rings. The van der Waals surface area contributed by atoms with Crippen LogP contribution >= 0.6 is 0 Å². The molecule has 1 heterocycles. The summed E-state index contributed by atoms with van der Waals surface area (Å²) < 4.78 is 0. The fraction of sp³-hybridized carbons (Fsp3) is 0.267. The summed E-state index contributed by atoms with van der Waals surface area (Å²) in [5.41, 5.74) is 6.57. The number of aliphatic imine (C=N–C) groups is 1. The molecule has 80 valence electrons. The second-order valence-corrected chi connectivity index (χ2v) is 4.59. The molecule has 1 heteroatoms. The minimum atomic E-state index is 1.01. The van der Waals surface area contributed by atoms with E-state index in [9.17, 15) is 0 Å². The van der Waals surface area contributed by atoms with Gasteiger partial charge in [-0.25, -0.2) is 0 Å². The minimum Gasteiger partial charge on any atom is -0.257 e. The molecule has 0 atom stereocenters. The van der Waals surface area contributed by atoms with Crippen LogP contribution in [0.15, 0.2) is 40.5 Å². The fourth-order valence-electron chi connectivity index (χ4n) is 2.59. The van der Waals surface area contributed by atoms with Crippen LogP contribution in [0.1, 0.15) is 27.2 Å². The van der Waals surface area contributed by atoms with E-state index in [0.717, 1.165) is 6.42 Å². The molecule has 1 nitrogen and oxygen atoms in total. The van der Waals surface area contributed by atoms with Crippen LogP contribution < -0.4 is 10.4 Å². The Balaban J connectivity index is 2.57. The minimum absolute atomic E-state index is 1.01. The molecule has 1 aliphatic heterocycles. The van der Waals surface area contributed by atoms with Gasteiger partial charge in [-0.1, -0.05) is 24.3 Å². The largest absolute Gasteiger partial charge is 0.257 e. The molecule has 0 unspecified atom stereocenters. The summed E-state index contributed by atoms with van der Waals surface area (Å²) >= 11 is 0. The number of hydrogen-bond donors (Lipinski definition) is 0. The number of nitrogens with zero attached hydrogens (tertiary/aromatic N) is 1. The molecule has 0 N–H and O–H groups in total. The molecule has 0 radical (unpaired) electrons. The van der Waals surface area contributed by atoms with Crippen molar-refractivity contribution in [2.24, 2.45) is 4.99 Å². The normalized spacial score (nSPS) is 18.6. The van der Waals surface area contributed by atoms with Gasteiger partial charge in [0.1, 0.15) is 0 Å². The Kier molecular flexibility index (Phi) is 1.90. The van der Waals surface area contributed by atoms with Crippen LogP contribution in [0.4, 0.5) is 0 Å². The van der Waals surface area contributed by atoms with Gasteiger partial charge in [-0.3, -0.25) is 4.99 Å². The smallest absolute Gasteiger partial charge is 0.0486 e. The van der Waals surface area contributed by atoms with Gasteiger partial charge < -0.3 is 0 Å². The van der Waals surface area contributed by atoms with Crippen LogP contribution in [-0.2, 0) is 0 Å². The van der Waals surface area contributed by atoms with Gasteiger partial charge in [0.2, 0.25) is 0 Å². The maximum atomic E-state index is 4.70. The van der Waals surface area contributed by atoms with Crippen molar-refractivity contribution < 1.29 is 0 Å². The summed E-state index contributed by atoms with van der Waals surface area (Å²) in [4.78, 5) is 4.70. The lowest BCUT2D eigenvalue weighted by Gasteiger charge is -2.23. The van der Waals surface area contributed by atoms with Crippen LogP contribution in [0.2, 0.25) is 0 Å². The molecular formula is C15H15N. The molecule has 2 aliphatic rings. The topological polar surface area (TPSA) is 12.4 Å². The zero-order valence-corrected chi connectivity index (χ0v) is 9.96. The average molecular weight is 209 g/mol. The van der Waals surface area contributed by atoms with E-state index < -0.39 is 0 Å². The Bertz CT molecular complexity index is 657. The summed E-state index contributed by atoms with van der Waals surface area (Å²) in [5, 5.41) is 2.75. The molecule has 0 spiro atoms. The van der Waals surface area contributed by atoms with Crippen molar-refractivity contribution in [3.8, 4) is 0 Å². The second-order valence-electron chi connectivity index (χ2n) is 4.59. The van der Waals surface area contributed by atoms with Crippen LogP contribution in [0, 0.1) is 0 Å². The van der Waals surface area contributed by atoms with Crippen molar-refractivity contribution >= 4 is 16.9 Å². The number of rotatable bonds is 0. The monoisotopic (exact) mass is 209 g/mol. The van der Waals surface area contributed by atoms with Crippen molar-refractivity contribution in [1.82, 2.24) is 0 Å². The van der Waals surface area contributed by atoms with Gasteiger partial charge in [0, 0.05) is 17.8 Å². The Hall–Kier alpha value is -1.63. The molecule has 0 aromatic heterocycles. The zero-order valence-electron chi connectivity index (χ0n) is 9.96. The Morgan fingerprint density at radius 1 is 0.938 bits per heavy atom. The molecule has 3 rings (SSSR count). The van der Waals surface area contributed by atoms with Crippen LogP contribution in [0.25, 0.3) is 11.1 Å². The van der Waals surface area contributed by atoms with Gasteiger partial charge in [0.15, 0.2) is 0 Å². The van der Waals surface area contributed by atoms with Gasteiger partial charge in [-0.05, 0) is 47.9 Å². The first-order valence-corrected chi connectivity index (χ1v) is 5.73. The number of allylic oxidation sites excluding steroid dienone is 2. The Labute approximate surface area is 95.5 Å². The maximum absolute atomic E-state index is 4.70. The highest BCUT2D eigenvalue weighted by Crippen LogP contribution is 2.28. The predicted octanol–water partition coefficient (Wildman–Crippen LogP) is 2.16. The lowest BCUT2D eigenvalue weighted by atomic mass is 9.86. The first kappa shape index (κ1) is 9.59. The highest BCUT2D eigenvalue weighted by Gasteiger charge is 2.20. The lowest BCUT2D eigenvalue weighted by molar-refractivity contribution is 1.15. The van der Waals surface area contributed by atoms with E-state index in [0.29, 0.717) is 0 Å². The van der Waals surface area contributed by atoms with Gasteiger partial charge in [-0.2, -0.15) is 0 Å². The number of fused-ring (bicyclic) bond motifs is 3. The van der Waals surface area contributed by atoms with Crippen LogP contribution in [0.5, 0.6) is 0 Å². The van der Waals surface area contributed by atoms with E-state index in [2.05, 4.69) is 45.0 Å². The molecule has 0 saturated carbocycles. The molecule has 1 aliphatic carbocycles. The molecule has 1 aromatic rings. The van der Waals surface area contributed by atoms with Crippen molar-refractivity contribution in [3.05, 3.63) is 46.0 Å². The summed E-state index contributed by atoms with van der Waals surface area (Å²) in [6, 6.07) is 8.66. The quantitative estimate of drug-likeness (QED) is 0.621. The lowest BCUT2D eigenvalue weighted by Crippen LogP contribution is -2.36. The summed E-state index contributed by atoms with van der Waals surface area (Å²) in [7, 11) is 0. The van der Waals surface area contributed by atoms with E-state index in [1.807, 2.05) is 0 Å².